The molecule has 0 aliphatic carbocycles. The molecular formula is C25H30F3N3O4. The van der Waals surface area contributed by atoms with E-state index in [1.54, 1.807) is 12.3 Å². The van der Waals surface area contributed by atoms with E-state index in [0.717, 1.165) is 38.9 Å². The second-order valence-corrected chi connectivity index (χ2v) is 9.16. The van der Waals surface area contributed by atoms with Crippen LogP contribution in [0.5, 0.6) is 0 Å². The lowest BCUT2D eigenvalue weighted by Gasteiger charge is -2.38. The fraction of sp³-hybridized carbons (Fsp3) is 0.480. The molecule has 190 valence electrons. The molecule has 0 radical (unpaired) electrons. The number of carboxylic acid groups (broad SMARTS) is 1. The number of carboxylic acids is 1. The van der Waals surface area contributed by atoms with Crippen molar-refractivity contribution < 1.29 is 32.6 Å². The van der Waals surface area contributed by atoms with E-state index in [9.17, 15) is 18.0 Å². The average molecular weight is 494 g/mol. The molecule has 1 spiro atoms. The number of carbonyl (C=O) groups is 2. The van der Waals surface area contributed by atoms with Crippen molar-refractivity contribution in [3.05, 3.63) is 65.0 Å². The van der Waals surface area contributed by atoms with Gasteiger partial charge in [0.1, 0.15) is 5.69 Å². The summed E-state index contributed by atoms with van der Waals surface area (Å²) in [6.07, 6.45) is -0.503. The molecule has 2 fully saturated rings. The van der Waals surface area contributed by atoms with Crippen molar-refractivity contribution in [2.24, 2.45) is 0 Å². The number of halogens is 3. The highest BCUT2D eigenvalue weighted by molar-refractivity contribution is 5.92. The third kappa shape index (κ3) is 7.76. The van der Waals surface area contributed by atoms with Gasteiger partial charge >= 0.3 is 12.1 Å². The Morgan fingerprint density at radius 3 is 2.34 bits per heavy atom. The number of benzene rings is 1. The van der Waals surface area contributed by atoms with E-state index in [2.05, 4.69) is 47.2 Å². The van der Waals surface area contributed by atoms with Crippen molar-refractivity contribution in [2.45, 2.75) is 57.5 Å². The Morgan fingerprint density at radius 2 is 1.80 bits per heavy atom. The molecule has 2 aromatic rings. The first-order valence-corrected chi connectivity index (χ1v) is 11.4. The SMILES string of the molecule is Cc1cc(C)cc(CN2CCC3(CC2)CC(NC(=O)c2ccccn2)CO3)c1.O=C(O)C(F)(F)F. The van der Waals surface area contributed by atoms with Crippen LogP contribution < -0.4 is 5.32 Å². The first-order valence-electron chi connectivity index (χ1n) is 11.4. The van der Waals surface area contributed by atoms with Crippen LogP contribution in [0, 0.1) is 13.8 Å². The monoisotopic (exact) mass is 493 g/mol. The summed E-state index contributed by atoms with van der Waals surface area (Å²) in [4.78, 5) is 27.9. The zero-order valence-corrected chi connectivity index (χ0v) is 19.8. The maximum absolute atomic E-state index is 12.3. The molecule has 0 bridgehead atoms. The van der Waals surface area contributed by atoms with Crippen molar-refractivity contribution >= 4 is 11.9 Å². The van der Waals surface area contributed by atoms with Crippen LogP contribution in [0.4, 0.5) is 13.2 Å². The maximum atomic E-state index is 12.3. The summed E-state index contributed by atoms with van der Waals surface area (Å²) >= 11 is 0. The number of rotatable bonds is 4. The highest BCUT2D eigenvalue weighted by Crippen LogP contribution is 2.36. The van der Waals surface area contributed by atoms with Crippen molar-refractivity contribution in [1.29, 1.82) is 0 Å². The fourth-order valence-electron chi connectivity index (χ4n) is 4.58. The van der Waals surface area contributed by atoms with Gasteiger partial charge in [0.2, 0.25) is 0 Å². The van der Waals surface area contributed by atoms with Crippen molar-refractivity contribution in [1.82, 2.24) is 15.2 Å². The van der Waals surface area contributed by atoms with Crippen LogP contribution in [-0.4, -0.2) is 64.4 Å². The lowest BCUT2D eigenvalue weighted by atomic mass is 9.87. The smallest absolute Gasteiger partial charge is 0.475 e. The number of nitrogens with zero attached hydrogens (tertiary/aromatic N) is 2. The van der Waals surface area contributed by atoms with Gasteiger partial charge in [-0.25, -0.2) is 4.79 Å². The van der Waals surface area contributed by atoms with Crippen molar-refractivity contribution in [3.8, 4) is 0 Å². The van der Waals surface area contributed by atoms with E-state index in [1.165, 1.54) is 16.7 Å². The summed E-state index contributed by atoms with van der Waals surface area (Å²) in [7, 11) is 0. The number of pyridine rings is 1. The molecule has 1 atom stereocenters. The van der Waals surface area contributed by atoms with Crippen molar-refractivity contribution in [2.75, 3.05) is 19.7 Å². The third-order valence-corrected chi connectivity index (χ3v) is 6.14. The Bertz CT molecular complexity index is 1000. The number of aliphatic carboxylic acids is 1. The van der Waals surface area contributed by atoms with Crippen LogP contribution in [0.1, 0.15) is 46.4 Å². The van der Waals surface area contributed by atoms with Gasteiger partial charge in [-0.3, -0.25) is 14.7 Å². The molecule has 2 aliphatic rings. The quantitative estimate of drug-likeness (QED) is 0.672. The molecule has 35 heavy (non-hydrogen) atoms. The summed E-state index contributed by atoms with van der Waals surface area (Å²) in [5.41, 5.74) is 4.43. The summed E-state index contributed by atoms with van der Waals surface area (Å²) in [5.74, 6) is -2.87. The number of likely N-dealkylation sites (tertiary alicyclic amines) is 1. The van der Waals surface area contributed by atoms with E-state index in [1.807, 2.05) is 12.1 Å². The summed E-state index contributed by atoms with van der Waals surface area (Å²) in [5, 5.41) is 10.2. The number of piperidine rings is 1. The number of hydrogen-bond donors (Lipinski definition) is 2. The first kappa shape index (κ1) is 26.6. The predicted molar refractivity (Wildman–Crippen MR) is 123 cm³/mol. The number of carbonyl (C=O) groups excluding carboxylic acids is 1. The Kier molecular flexibility index (Phi) is 8.50. The van der Waals surface area contributed by atoms with Gasteiger partial charge < -0.3 is 15.2 Å². The van der Waals surface area contributed by atoms with Gasteiger partial charge in [0.15, 0.2) is 0 Å². The largest absolute Gasteiger partial charge is 0.490 e. The molecule has 4 rings (SSSR count). The van der Waals surface area contributed by atoms with Crippen LogP contribution in [-0.2, 0) is 16.1 Å². The Labute approximate surface area is 202 Å². The van der Waals surface area contributed by atoms with Gasteiger partial charge in [-0.15, -0.1) is 0 Å². The van der Waals surface area contributed by atoms with Crippen LogP contribution >= 0.6 is 0 Å². The van der Waals surface area contributed by atoms with Gasteiger partial charge in [-0.05, 0) is 50.8 Å². The average Bonchev–Trinajstić information content (AvgIpc) is 3.17. The number of aryl methyl sites for hydroxylation is 2. The lowest BCUT2D eigenvalue weighted by Crippen LogP contribution is -2.44. The van der Waals surface area contributed by atoms with Crippen LogP contribution in [0.15, 0.2) is 42.6 Å². The molecule has 3 heterocycles. The Balaban J connectivity index is 0.000000429. The molecule has 2 N–H and O–H groups in total. The fourth-order valence-corrected chi connectivity index (χ4v) is 4.58. The minimum absolute atomic E-state index is 0.0699. The molecule has 1 amide bonds. The lowest BCUT2D eigenvalue weighted by molar-refractivity contribution is -0.192. The Hall–Kier alpha value is -2.98. The normalized spacial score (nSPS) is 19.6. The summed E-state index contributed by atoms with van der Waals surface area (Å²) in [6.45, 7) is 7.98. The third-order valence-electron chi connectivity index (χ3n) is 6.14. The van der Waals surface area contributed by atoms with E-state index in [-0.39, 0.29) is 17.6 Å². The highest BCUT2D eigenvalue weighted by Gasteiger charge is 2.43. The molecule has 1 unspecified atom stereocenters. The van der Waals surface area contributed by atoms with Gasteiger partial charge in [-0.2, -0.15) is 13.2 Å². The predicted octanol–water partition coefficient (Wildman–Crippen LogP) is 3.89. The molecular weight excluding hydrogens is 463 g/mol. The second kappa shape index (κ2) is 11.2. The zero-order valence-electron chi connectivity index (χ0n) is 19.8. The number of amides is 1. The number of hydrogen-bond acceptors (Lipinski definition) is 5. The minimum atomic E-state index is -5.08. The number of aromatic nitrogens is 1. The van der Waals surface area contributed by atoms with Gasteiger partial charge in [0.25, 0.3) is 5.91 Å². The zero-order chi connectivity index (χ0) is 25.6. The van der Waals surface area contributed by atoms with Crippen LogP contribution in [0.25, 0.3) is 0 Å². The first-order chi connectivity index (χ1) is 16.5. The van der Waals surface area contributed by atoms with Crippen LogP contribution in [0.2, 0.25) is 0 Å². The molecule has 1 aromatic carbocycles. The topological polar surface area (TPSA) is 91.8 Å². The number of ether oxygens (including phenoxy) is 1. The molecule has 7 nitrogen and oxygen atoms in total. The second-order valence-electron chi connectivity index (χ2n) is 9.16. The standard InChI is InChI=1S/C23H29N3O2.C2HF3O2/c1-17-11-18(2)13-19(12-17)15-26-9-6-23(7-10-26)14-20(16-28-23)25-22(27)21-5-3-4-8-24-21;3-2(4,5)1(6)7/h3-5,8,11-13,20H,6-7,9-10,14-16H2,1-2H3,(H,25,27);(H,6,7). The Morgan fingerprint density at radius 1 is 1.17 bits per heavy atom. The molecule has 1 aromatic heterocycles. The highest BCUT2D eigenvalue weighted by atomic mass is 19.4. The summed E-state index contributed by atoms with van der Waals surface area (Å²) in [6, 6.07) is 12.3. The minimum Gasteiger partial charge on any atom is -0.475 e. The van der Waals surface area contributed by atoms with Gasteiger partial charge in [0, 0.05) is 25.8 Å². The van der Waals surface area contributed by atoms with Crippen molar-refractivity contribution in [3.63, 3.8) is 0 Å². The molecule has 2 saturated heterocycles. The van der Waals surface area contributed by atoms with Gasteiger partial charge in [-0.1, -0.05) is 35.4 Å². The van der Waals surface area contributed by atoms with E-state index >= 15 is 0 Å². The maximum Gasteiger partial charge on any atom is 0.490 e. The molecule has 0 saturated carbocycles. The summed E-state index contributed by atoms with van der Waals surface area (Å²) < 4.78 is 37.9. The van der Waals surface area contributed by atoms with E-state index in [0.29, 0.717) is 12.3 Å². The molecule has 2 aliphatic heterocycles. The van der Waals surface area contributed by atoms with E-state index in [4.69, 9.17) is 14.6 Å². The van der Waals surface area contributed by atoms with Gasteiger partial charge in [0.05, 0.1) is 18.2 Å². The van der Waals surface area contributed by atoms with Crippen LogP contribution in [0.3, 0.4) is 0 Å². The molecule has 10 heteroatoms. The van der Waals surface area contributed by atoms with E-state index < -0.39 is 12.1 Å². The number of nitrogens with one attached hydrogen (secondary N) is 1. The number of alkyl halides is 3.